The van der Waals surface area contributed by atoms with Crippen LogP contribution in [0, 0.1) is 6.92 Å². The molecule has 14 heavy (non-hydrogen) atoms. The largest absolute Gasteiger partial charge is 0.112 e. The van der Waals surface area contributed by atoms with Crippen LogP contribution < -0.4 is 0 Å². The molecule has 76 valence electrons. The van der Waals surface area contributed by atoms with Crippen molar-refractivity contribution in [3.8, 4) is 0 Å². The molecule has 2 rings (SSSR count). The second kappa shape index (κ2) is 4.88. The monoisotopic (exact) mass is 207 g/mol. The molecule has 1 saturated heterocycles. The lowest BCUT2D eigenvalue weighted by Gasteiger charge is -2.02. The molecular weight excluding hydrogens is 188 g/mol. The van der Waals surface area contributed by atoms with Gasteiger partial charge in [-0.3, -0.25) is 0 Å². The first kappa shape index (κ1) is 10.1. The number of aryl methyl sites for hydroxylation is 2. The Balaban J connectivity index is 1.82. The highest BCUT2D eigenvalue weighted by Crippen LogP contribution is 2.15. The summed E-state index contributed by atoms with van der Waals surface area (Å²) in [6.07, 6.45) is 4.26. The highest BCUT2D eigenvalue weighted by atomic mass is 32.2. The maximum Gasteiger partial charge on any atom is 0.112 e. The third-order valence-corrected chi connectivity index (χ3v) is 5.43. The minimum absolute atomic E-state index is 0.767. The molecule has 1 fully saturated rings. The van der Waals surface area contributed by atoms with E-state index < -0.39 is 0 Å². The van der Waals surface area contributed by atoms with Crippen molar-refractivity contribution in [1.29, 1.82) is 0 Å². The van der Waals surface area contributed by atoms with Gasteiger partial charge in [0, 0.05) is 6.42 Å². The molecule has 0 radical (unpaired) electrons. The third kappa shape index (κ3) is 2.78. The second-order valence-corrected chi connectivity index (χ2v) is 6.62. The van der Waals surface area contributed by atoms with Crippen LogP contribution in [0.3, 0.4) is 0 Å². The van der Waals surface area contributed by atoms with Gasteiger partial charge in [-0.05, 0) is 36.2 Å². The SMILES string of the molecule is Cc1ccc(CC[S+]2CCCC2)cc1. The topological polar surface area (TPSA) is 0 Å². The predicted octanol–water partition coefficient (Wildman–Crippen LogP) is 2.95. The predicted molar refractivity (Wildman–Crippen MR) is 66.1 cm³/mol. The fourth-order valence-corrected chi connectivity index (χ4v) is 4.30. The van der Waals surface area contributed by atoms with E-state index in [1.54, 1.807) is 0 Å². The fourth-order valence-electron chi connectivity index (χ4n) is 1.94. The summed E-state index contributed by atoms with van der Waals surface area (Å²) in [5, 5.41) is 0. The Morgan fingerprint density at radius 1 is 1.07 bits per heavy atom. The smallest absolute Gasteiger partial charge is 0.0590 e. The lowest BCUT2D eigenvalue weighted by molar-refractivity contribution is 0.949. The van der Waals surface area contributed by atoms with Crippen LogP contribution in [-0.4, -0.2) is 17.3 Å². The van der Waals surface area contributed by atoms with Crippen LogP contribution in [0.1, 0.15) is 24.0 Å². The Hall–Kier alpha value is -0.430. The molecule has 0 amide bonds. The number of hydrogen-bond donors (Lipinski definition) is 0. The van der Waals surface area contributed by atoms with Crippen molar-refractivity contribution < 1.29 is 0 Å². The van der Waals surface area contributed by atoms with Gasteiger partial charge < -0.3 is 0 Å². The van der Waals surface area contributed by atoms with Gasteiger partial charge in [-0.25, -0.2) is 0 Å². The molecule has 1 aromatic rings. The van der Waals surface area contributed by atoms with Gasteiger partial charge in [0.25, 0.3) is 0 Å². The van der Waals surface area contributed by atoms with E-state index in [1.165, 1.54) is 47.6 Å². The molecule has 0 atom stereocenters. The number of benzene rings is 1. The van der Waals surface area contributed by atoms with E-state index in [-0.39, 0.29) is 0 Å². The summed E-state index contributed by atoms with van der Waals surface area (Å²) in [6.45, 7) is 2.16. The first-order chi connectivity index (χ1) is 6.84. The zero-order chi connectivity index (χ0) is 9.80. The van der Waals surface area contributed by atoms with E-state index in [2.05, 4.69) is 31.2 Å². The van der Waals surface area contributed by atoms with E-state index in [0.717, 1.165) is 10.9 Å². The fraction of sp³-hybridized carbons (Fsp3) is 0.538. The molecule has 0 saturated carbocycles. The minimum Gasteiger partial charge on any atom is -0.0590 e. The summed E-state index contributed by atoms with van der Waals surface area (Å²) in [5.74, 6) is 4.45. The van der Waals surface area contributed by atoms with E-state index >= 15 is 0 Å². The van der Waals surface area contributed by atoms with Crippen LogP contribution in [0.4, 0.5) is 0 Å². The number of hydrogen-bond acceptors (Lipinski definition) is 0. The van der Waals surface area contributed by atoms with E-state index in [1.807, 2.05) is 0 Å². The molecule has 0 N–H and O–H groups in total. The van der Waals surface area contributed by atoms with Crippen molar-refractivity contribution in [3.05, 3.63) is 35.4 Å². The van der Waals surface area contributed by atoms with Gasteiger partial charge in [0.2, 0.25) is 0 Å². The molecule has 0 nitrogen and oxygen atoms in total. The molecule has 0 aliphatic carbocycles. The Morgan fingerprint density at radius 2 is 1.71 bits per heavy atom. The quantitative estimate of drug-likeness (QED) is 0.669. The van der Waals surface area contributed by atoms with E-state index in [9.17, 15) is 0 Å². The highest BCUT2D eigenvalue weighted by Gasteiger charge is 2.22. The first-order valence-electron chi connectivity index (χ1n) is 5.54. The van der Waals surface area contributed by atoms with Crippen LogP contribution in [0.25, 0.3) is 0 Å². The standard InChI is InChI=1S/C13H19S/c1-12-4-6-13(7-5-12)8-11-14-9-2-3-10-14/h4-7H,2-3,8-11H2,1H3/q+1. The Labute approximate surface area is 90.1 Å². The maximum atomic E-state index is 2.29. The van der Waals surface area contributed by atoms with E-state index in [0.29, 0.717) is 0 Å². The lowest BCUT2D eigenvalue weighted by atomic mass is 10.1. The average Bonchev–Trinajstić information content (AvgIpc) is 2.70. The summed E-state index contributed by atoms with van der Waals surface area (Å²) >= 11 is 0. The summed E-state index contributed by atoms with van der Waals surface area (Å²) in [7, 11) is 0.767. The van der Waals surface area contributed by atoms with Crippen molar-refractivity contribution in [2.75, 3.05) is 17.3 Å². The average molecular weight is 207 g/mol. The maximum absolute atomic E-state index is 2.29. The van der Waals surface area contributed by atoms with Crippen molar-refractivity contribution in [2.24, 2.45) is 0 Å². The normalized spacial score (nSPS) is 17.5. The Kier molecular flexibility index (Phi) is 3.52. The number of rotatable bonds is 3. The first-order valence-corrected chi connectivity index (χ1v) is 7.27. The van der Waals surface area contributed by atoms with E-state index in [4.69, 9.17) is 0 Å². The van der Waals surface area contributed by atoms with Crippen LogP contribution in [0.2, 0.25) is 0 Å². The van der Waals surface area contributed by atoms with Gasteiger partial charge in [-0.2, -0.15) is 0 Å². The molecule has 0 aromatic heterocycles. The van der Waals surface area contributed by atoms with Gasteiger partial charge in [-0.1, -0.05) is 29.8 Å². The summed E-state index contributed by atoms with van der Waals surface area (Å²) in [5.41, 5.74) is 2.90. The summed E-state index contributed by atoms with van der Waals surface area (Å²) in [6, 6.07) is 9.03. The van der Waals surface area contributed by atoms with Crippen LogP contribution >= 0.6 is 0 Å². The van der Waals surface area contributed by atoms with Crippen LogP contribution in [0.15, 0.2) is 24.3 Å². The van der Waals surface area contributed by atoms with Gasteiger partial charge in [0.1, 0.15) is 17.3 Å². The molecule has 1 heteroatoms. The van der Waals surface area contributed by atoms with Crippen LogP contribution in [0.5, 0.6) is 0 Å². The van der Waals surface area contributed by atoms with Crippen molar-refractivity contribution >= 4 is 10.9 Å². The van der Waals surface area contributed by atoms with Gasteiger partial charge >= 0.3 is 0 Å². The van der Waals surface area contributed by atoms with Gasteiger partial charge in [-0.15, -0.1) is 0 Å². The lowest BCUT2D eigenvalue weighted by Crippen LogP contribution is -2.10. The minimum atomic E-state index is 0.767. The van der Waals surface area contributed by atoms with Crippen LogP contribution in [-0.2, 0) is 17.3 Å². The molecule has 0 unspecified atom stereocenters. The Morgan fingerprint density at radius 3 is 2.36 bits per heavy atom. The summed E-state index contributed by atoms with van der Waals surface area (Å²) < 4.78 is 0. The highest BCUT2D eigenvalue weighted by molar-refractivity contribution is 7.97. The molecule has 0 spiro atoms. The van der Waals surface area contributed by atoms with Crippen molar-refractivity contribution in [3.63, 3.8) is 0 Å². The van der Waals surface area contributed by atoms with Crippen molar-refractivity contribution in [1.82, 2.24) is 0 Å². The zero-order valence-corrected chi connectivity index (χ0v) is 9.78. The summed E-state index contributed by atoms with van der Waals surface area (Å²) in [4.78, 5) is 0. The second-order valence-electron chi connectivity index (χ2n) is 4.17. The Bertz CT molecular complexity index is 270. The zero-order valence-electron chi connectivity index (χ0n) is 8.96. The molecule has 1 aliphatic heterocycles. The van der Waals surface area contributed by atoms with Gasteiger partial charge in [0.05, 0.1) is 0 Å². The molecule has 1 aromatic carbocycles. The molecule has 1 aliphatic rings. The molecule has 1 heterocycles. The third-order valence-electron chi connectivity index (χ3n) is 2.92. The molecular formula is C13H19S+. The van der Waals surface area contributed by atoms with Gasteiger partial charge in [0.15, 0.2) is 0 Å². The molecule has 0 bridgehead atoms. The van der Waals surface area contributed by atoms with Crippen molar-refractivity contribution in [2.45, 2.75) is 26.2 Å².